The van der Waals surface area contributed by atoms with Gasteiger partial charge in [-0.3, -0.25) is 4.98 Å². The first-order chi connectivity index (χ1) is 11.8. The highest BCUT2D eigenvalue weighted by molar-refractivity contribution is 7.21. The van der Waals surface area contributed by atoms with Gasteiger partial charge >= 0.3 is 0 Å². The van der Waals surface area contributed by atoms with Crippen LogP contribution in [0.2, 0.25) is 0 Å². The lowest BCUT2D eigenvalue weighted by molar-refractivity contribution is 0.234. The Kier molecular flexibility index (Phi) is 4.56. The van der Waals surface area contributed by atoms with Gasteiger partial charge in [-0.15, -0.1) is 11.3 Å². The molecule has 1 aromatic carbocycles. The van der Waals surface area contributed by atoms with Crippen molar-refractivity contribution < 1.29 is 0 Å². The quantitative estimate of drug-likeness (QED) is 0.790. The van der Waals surface area contributed by atoms with Crippen LogP contribution < -0.4 is 5.32 Å². The number of rotatable bonds is 4. The summed E-state index contributed by atoms with van der Waals surface area (Å²) in [5, 5.41) is 4.72. The fourth-order valence-electron chi connectivity index (χ4n) is 3.21. The predicted octanol–water partition coefficient (Wildman–Crippen LogP) is 3.54. The van der Waals surface area contributed by atoms with Crippen molar-refractivity contribution in [2.75, 3.05) is 20.1 Å². The van der Waals surface area contributed by atoms with Crippen LogP contribution in [0.5, 0.6) is 0 Å². The topological polar surface area (TPSA) is 41.0 Å². The van der Waals surface area contributed by atoms with Crippen molar-refractivity contribution in [3.05, 3.63) is 48.2 Å². The molecule has 0 spiro atoms. The van der Waals surface area contributed by atoms with Crippen LogP contribution in [0.25, 0.3) is 20.9 Å². The summed E-state index contributed by atoms with van der Waals surface area (Å²) >= 11 is 1.72. The van der Waals surface area contributed by atoms with Crippen LogP contribution in [0.1, 0.15) is 18.4 Å². The maximum absolute atomic E-state index is 4.77. The molecule has 4 rings (SSSR count). The second-order valence-corrected chi connectivity index (χ2v) is 7.49. The SMILES string of the molecule is CN1CCC(NCc2cccnc2-c2nc3ccccc3s2)CC1. The summed E-state index contributed by atoms with van der Waals surface area (Å²) in [4.78, 5) is 11.8. The van der Waals surface area contributed by atoms with Crippen molar-refractivity contribution in [1.29, 1.82) is 0 Å². The van der Waals surface area contributed by atoms with E-state index in [0.717, 1.165) is 22.8 Å². The molecule has 1 saturated heterocycles. The number of hydrogen-bond acceptors (Lipinski definition) is 5. The smallest absolute Gasteiger partial charge is 0.143 e. The van der Waals surface area contributed by atoms with Gasteiger partial charge in [-0.1, -0.05) is 18.2 Å². The van der Waals surface area contributed by atoms with Gasteiger partial charge in [-0.05, 0) is 56.7 Å². The molecule has 0 aliphatic carbocycles. The Morgan fingerprint density at radius 1 is 1.17 bits per heavy atom. The third kappa shape index (κ3) is 3.34. The van der Waals surface area contributed by atoms with E-state index in [1.807, 2.05) is 18.3 Å². The number of pyridine rings is 1. The number of aromatic nitrogens is 2. The molecule has 0 bridgehead atoms. The summed E-state index contributed by atoms with van der Waals surface area (Å²) in [5.41, 5.74) is 3.30. The van der Waals surface area contributed by atoms with Crippen LogP contribution in [0.3, 0.4) is 0 Å². The van der Waals surface area contributed by atoms with Gasteiger partial charge in [-0.2, -0.15) is 0 Å². The second kappa shape index (κ2) is 6.97. The lowest BCUT2D eigenvalue weighted by Crippen LogP contribution is -2.40. The molecule has 0 saturated carbocycles. The number of hydrogen-bond donors (Lipinski definition) is 1. The molecule has 4 nitrogen and oxygen atoms in total. The number of nitrogens with zero attached hydrogens (tertiary/aromatic N) is 3. The third-order valence-electron chi connectivity index (χ3n) is 4.69. The highest BCUT2D eigenvalue weighted by Crippen LogP contribution is 2.30. The highest BCUT2D eigenvalue weighted by atomic mass is 32.1. The van der Waals surface area contributed by atoms with Crippen LogP contribution in [0.4, 0.5) is 0 Å². The molecule has 0 atom stereocenters. The van der Waals surface area contributed by atoms with Gasteiger partial charge in [0.1, 0.15) is 10.7 Å². The first kappa shape index (κ1) is 15.7. The third-order valence-corrected chi connectivity index (χ3v) is 5.73. The summed E-state index contributed by atoms with van der Waals surface area (Å²) in [5.74, 6) is 0. The summed E-state index contributed by atoms with van der Waals surface area (Å²) < 4.78 is 1.22. The molecule has 1 aliphatic heterocycles. The van der Waals surface area contributed by atoms with Gasteiger partial charge in [0.25, 0.3) is 0 Å². The van der Waals surface area contributed by atoms with E-state index in [0.29, 0.717) is 6.04 Å². The lowest BCUT2D eigenvalue weighted by Gasteiger charge is -2.29. The Morgan fingerprint density at radius 3 is 2.83 bits per heavy atom. The molecule has 0 radical (unpaired) electrons. The minimum absolute atomic E-state index is 0.602. The summed E-state index contributed by atoms with van der Waals surface area (Å²) in [7, 11) is 2.20. The van der Waals surface area contributed by atoms with Crippen LogP contribution in [0.15, 0.2) is 42.6 Å². The molecule has 1 aliphatic rings. The van der Waals surface area contributed by atoms with Gasteiger partial charge < -0.3 is 10.2 Å². The fraction of sp³-hybridized carbons (Fsp3) is 0.368. The van der Waals surface area contributed by atoms with Crippen molar-refractivity contribution in [2.45, 2.75) is 25.4 Å². The van der Waals surface area contributed by atoms with Crippen molar-refractivity contribution >= 4 is 21.6 Å². The molecule has 124 valence electrons. The van der Waals surface area contributed by atoms with E-state index >= 15 is 0 Å². The average molecular weight is 338 g/mol. The summed E-state index contributed by atoms with van der Waals surface area (Å²) in [6.45, 7) is 3.21. The van der Waals surface area contributed by atoms with Gasteiger partial charge in [0, 0.05) is 18.8 Å². The van der Waals surface area contributed by atoms with Crippen molar-refractivity contribution in [1.82, 2.24) is 20.2 Å². The first-order valence-corrected chi connectivity index (χ1v) is 9.33. The normalized spacial score (nSPS) is 16.7. The Labute approximate surface area is 146 Å². The van der Waals surface area contributed by atoms with E-state index in [9.17, 15) is 0 Å². The molecular formula is C19H22N4S. The van der Waals surface area contributed by atoms with E-state index in [4.69, 9.17) is 4.98 Å². The Bertz CT molecular complexity index is 788. The van der Waals surface area contributed by atoms with Gasteiger partial charge in [0.15, 0.2) is 0 Å². The van der Waals surface area contributed by atoms with Crippen molar-refractivity contribution in [3.8, 4) is 10.7 Å². The van der Waals surface area contributed by atoms with Crippen molar-refractivity contribution in [3.63, 3.8) is 0 Å². The molecular weight excluding hydrogens is 316 g/mol. The Hall–Kier alpha value is -1.82. The fourth-order valence-corrected chi connectivity index (χ4v) is 4.21. The number of likely N-dealkylation sites (tertiary alicyclic amines) is 1. The minimum atomic E-state index is 0.602. The standard InChI is InChI=1S/C19H22N4S/c1-23-11-8-15(9-12-23)21-13-14-5-4-10-20-18(14)19-22-16-6-2-3-7-17(16)24-19/h2-7,10,15,21H,8-9,11-13H2,1H3. The Balaban J connectivity index is 1.54. The molecule has 2 aromatic heterocycles. The Morgan fingerprint density at radius 2 is 2.00 bits per heavy atom. The zero-order chi connectivity index (χ0) is 16.4. The van der Waals surface area contributed by atoms with Crippen LogP contribution >= 0.6 is 11.3 Å². The number of fused-ring (bicyclic) bond motifs is 1. The molecule has 1 N–H and O–H groups in total. The van der Waals surface area contributed by atoms with E-state index in [1.54, 1.807) is 11.3 Å². The van der Waals surface area contributed by atoms with Crippen LogP contribution in [-0.4, -0.2) is 41.0 Å². The molecule has 0 unspecified atom stereocenters. The van der Waals surface area contributed by atoms with Crippen LogP contribution in [-0.2, 0) is 6.54 Å². The van der Waals surface area contributed by atoms with E-state index < -0.39 is 0 Å². The largest absolute Gasteiger partial charge is 0.310 e. The maximum Gasteiger partial charge on any atom is 0.143 e. The molecule has 5 heteroatoms. The molecule has 0 amide bonds. The predicted molar refractivity (Wildman–Crippen MR) is 100 cm³/mol. The molecule has 1 fully saturated rings. The van der Waals surface area contributed by atoms with E-state index in [1.165, 1.54) is 36.2 Å². The lowest BCUT2D eigenvalue weighted by atomic mass is 10.0. The summed E-state index contributed by atoms with van der Waals surface area (Å²) in [6, 6.07) is 13.1. The molecule has 3 heterocycles. The number of nitrogens with one attached hydrogen (secondary N) is 1. The zero-order valence-corrected chi connectivity index (χ0v) is 14.7. The molecule has 3 aromatic rings. The number of thiazole rings is 1. The van der Waals surface area contributed by atoms with Gasteiger partial charge in [0.2, 0.25) is 0 Å². The maximum atomic E-state index is 4.77. The number of piperidine rings is 1. The van der Waals surface area contributed by atoms with E-state index in [2.05, 4.69) is 46.5 Å². The minimum Gasteiger partial charge on any atom is -0.310 e. The average Bonchev–Trinajstić information content (AvgIpc) is 3.05. The number of benzene rings is 1. The first-order valence-electron chi connectivity index (χ1n) is 8.51. The van der Waals surface area contributed by atoms with E-state index in [-0.39, 0.29) is 0 Å². The zero-order valence-electron chi connectivity index (χ0n) is 13.9. The van der Waals surface area contributed by atoms with Gasteiger partial charge in [0.05, 0.1) is 10.2 Å². The second-order valence-electron chi connectivity index (χ2n) is 6.46. The number of para-hydroxylation sites is 1. The highest BCUT2D eigenvalue weighted by Gasteiger charge is 2.17. The van der Waals surface area contributed by atoms with Gasteiger partial charge in [-0.25, -0.2) is 4.98 Å². The van der Waals surface area contributed by atoms with Crippen LogP contribution in [0, 0.1) is 0 Å². The monoisotopic (exact) mass is 338 g/mol. The molecule has 24 heavy (non-hydrogen) atoms. The summed E-state index contributed by atoms with van der Waals surface area (Å²) in [6.07, 6.45) is 4.29. The van der Waals surface area contributed by atoms with Crippen molar-refractivity contribution in [2.24, 2.45) is 0 Å².